The molecule has 4 rings (SSSR count). The molecule has 0 aromatic heterocycles. The Bertz CT molecular complexity index is 370. The number of nitriles is 1. The minimum absolute atomic E-state index is 0.0732. The van der Waals surface area contributed by atoms with Gasteiger partial charge in [-0.1, -0.05) is 0 Å². The lowest BCUT2D eigenvalue weighted by molar-refractivity contribution is -0.121. The summed E-state index contributed by atoms with van der Waals surface area (Å²) in [5, 5.41) is 12.2. The summed E-state index contributed by atoms with van der Waals surface area (Å²) in [5.74, 6) is 4.24. The van der Waals surface area contributed by atoms with Crippen molar-refractivity contribution < 1.29 is 4.79 Å². The number of carbonyl (C=O) groups excluding carboxylic acids is 1. The highest BCUT2D eigenvalue weighted by atomic mass is 16.1. The minimum Gasteiger partial charge on any atom is -0.359 e. The van der Waals surface area contributed by atoms with E-state index in [1.165, 1.54) is 32.1 Å². The molecule has 3 nitrogen and oxygen atoms in total. The smallest absolute Gasteiger partial charge is 0.219 e. The summed E-state index contributed by atoms with van der Waals surface area (Å²) in [7, 11) is 1.67. The zero-order valence-corrected chi connectivity index (χ0v) is 11.8. The van der Waals surface area contributed by atoms with Gasteiger partial charge in [0, 0.05) is 13.5 Å². The van der Waals surface area contributed by atoms with Gasteiger partial charge in [-0.15, -0.1) is 0 Å². The zero-order valence-electron chi connectivity index (χ0n) is 11.8. The van der Waals surface area contributed by atoms with Gasteiger partial charge in [0.25, 0.3) is 0 Å². The van der Waals surface area contributed by atoms with E-state index in [2.05, 4.69) is 11.4 Å². The Hall–Kier alpha value is -1.04. The molecular formula is C16H24N2O. The minimum atomic E-state index is 0.0732. The summed E-state index contributed by atoms with van der Waals surface area (Å²) in [4.78, 5) is 11.4. The van der Waals surface area contributed by atoms with Crippen LogP contribution in [0.5, 0.6) is 0 Å². The standard InChI is InChI=1S/C16H24N2O/c1-18-15(19)3-2-12(9-17)16-13-5-10-4-11(7-13)8-14(16)6-10/h10-14,16H,2-8H2,1H3,(H,18,19). The molecule has 1 amide bonds. The second-order valence-corrected chi connectivity index (χ2v) is 6.96. The van der Waals surface area contributed by atoms with Gasteiger partial charge in [-0.3, -0.25) is 4.79 Å². The molecule has 1 atom stereocenters. The van der Waals surface area contributed by atoms with Crippen LogP contribution in [-0.2, 0) is 4.79 Å². The first-order valence-corrected chi connectivity index (χ1v) is 7.81. The van der Waals surface area contributed by atoms with E-state index in [0.717, 1.165) is 30.1 Å². The molecule has 0 aromatic carbocycles. The molecule has 1 N–H and O–H groups in total. The molecule has 0 spiro atoms. The van der Waals surface area contributed by atoms with Crippen molar-refractivity contribution in [3.63, 3.8) is 0 Å². The van der Waals surface area contributed by atoms with Crippen molar-refractivity contribution in [3.05, 3.63) is 0 Å². The van der Waals surface area contributed by atoms with E-state index in [4.69, 9.17) is 0 Å². The van der Waals surface area contributed by atoms with Crippen LogP contribution in [0.3, 0.4) is 0 Å². The van der Waals surface area contributed by atoms with Crippen molar-refractivity contribution in [1.82, 2.24) is 5.32 Å². The third-order valence-corrected chi connectivity index (χ3v) is 5.89. The van der Waals surface area contributed by atoms with Gasteiger partial charge in [-0.25, -0.2) is 0 Å². The van der Waals surface area contributed by atoms with Crippen LogP contribution in [0.4, 0.5) is 0 Å². The Morgan fingerprint density at radius 1 is 1.21 bits per heavy atom. The summed E-state index contributed by atoms with van der Waals surface area (Å²) < 4.78 is 0. The van der Waals surface area contributed by atoms with E-state index in [1.54, 1.807) is 7.05 Å². The van der Waals surface area contributed by atoms with Crippen molar-refractivity contribution in [3.8, 4) is 6.07 Å². The Kier molecular flexibility index (Phi) is 3.52. The van der Waals surface area contributed by atoms with Crippen LogP contribution in [0.2, 0.25) is 0 Å². The molecule has 4 aliphatic rings. The van der Waals surface area contributed by atoms with Gasteiger partial charge in [0.1, 0.15) is 0 Å². The summed E-state index contributed by atoms with van der Waals surface area (Å²) >= 11 is 0. The molecule has 4 bridgehead atoms. The number of hydrogen-bond donors (Lipinski definition) is 1. The Labute approximate surface area is 115 Å². The lowest BCUT2D eigenvalue weighted by Gasteiger charge is -2.55. The highest BCUT2D eigenvalue weighted by molar-refractivity contribution is 5.75. The molecule has 104 valence electrons. The largest absolute Gasteiger partial charge is 0.359 e. The van der Waals surface area contributed by atoms with Crippen LogP contribution in [0.1, 0.15) is 44.9 Å². The first-order valence-electron chi connectivity index (χ1n) is 7.81. The van der Waals surface area contributed by atoms with Gasteiger partial charge in [-0.05, 0) is 68.1 Å². The fourth-order valence-electron chi connectivity index (χ4n) is 5.38. The van der Waals surface area contributed by atoms with Crippen LogP contribution in [0, 0.1) is 46.8 Å². The molecular weight excluding hydrogens is 236 g/mol. The maximum Gasteiger partial charge on any atom is 0.219 e. The molecule has 4 aliphatic carbocycles. The fourth-order valence-corrected chi connectivity index (χ4v) is 5.38. The quantitative estimate of drug-likeness (QED) is 0.845. The van der Waals surface area contributed by atoms with Crippen LogP contribution in [-0.4, -0.2) is 13.0 Å². The average Bonchev–Trinajstić information content (AvgIpc) is 2.40. The first-order chi connectivity index (χ1) is 9.21. The number of amides is 1. The highest BCUT2D eigenvalue weighted by Crippen LogP contribution is 2.58. The number of nitrogens with one attached hydrogen (secondary N) is 1. The molecule has 0 heterocycles. The van der Waals surface area contributed by atoms with Gasteiger partial charge < -0.3 is 5.32 Å². The van der Waals surface area contributed by atoms with E-state index in [-0.39, 0.29) is 11.8 Å². The number of rotatable bonds is 4. The zero-order chi connectivity index (χ0) is 13.4. The normalized spacial score (nSPS) is 40.7. The van der Waals surface area contributed by atoms with Gasteiger partial charge in [0.2, 0.25) is 5.91 Å². The van der Waals surface area contributed by atoms with E-state index in [1.807, 2.05) is 0 Å². The molecule has 0 saturated heterocycles. The van der Waals surface area contributed by atoms with Gasteiger partial charge in [-0.2, -0.15) is 5.26 Å². The highest BCUT2D eigenvalue weighted by Gasteiger charge is 2.50. The SMILES string of the molecule is CNC(=O)CCC(C#N)C1C2CC3CC(C2)CC1C3. The van der Waals surface area contributed by atoms with Crippen molar-refractivity contribution in [2.45, 2.75) is 44.9 Å². The summed E-state index contributed by atoms with van der Waals surface area (Å²) in [6, 6.07) is 2.53. The lowest BCUT2D eigenvalue weighted by Crippen LogP contribution is -2.47. The van der Waals surface area contributed by atoms with Gasteiger partial charge >= 0.3 is 0 Å². The molecule has 0 aromatic rings. The van der Waals surface area contributed by atoms with Crippen molar-refractivity contribution in [1.29, 1.82) is 5.26 Å². The molecule has 4 saturated carbocycles. The Morgan fingerprint density at radius 3 is 2.26 bits per heavy atom. The Morgan fingerprint density at radius 2 is 1.79 bits per heavy atom. The number of nitrogens with zero attached hydrogens (tertiary/aromatic N) is 1. The second-order valence-electron chi connectivity index (χ2n) is 6.96. The summed E-state index contributed by atoms with van der Waals surface area (Å²) in [5.41, 5.74) is 0. The van der Waals surface area contributed by atoms with Crippen LogP contribution in [0.25, 0.3) is 0 Å². The molecule has 3 heteroatoms. The molecule has 4 fully saturated rings. The van der Waals surface area contributed by atoms with E-state index in [0.29, 0.717) is 12.3 Å². The van der Waals surface area contributed by atoms with E-state index < -0.39 is 0 Å². The predicted molar refractivity (Wildman–Crippen MR) is 72.9 cm³/mol. The number of hydrogen-bond acceptors (Lipinski definition) is 2. The molecule has 0 aliphatic heterocycles. The maximum atomic E-state index is 11.4. The first kappa shape index (κ1) is 13.0. The third-order valence-electron chi connectivity index (χ3n) is 5.89. The summed E-state index contributed by atoms with van der Waals surface area (Å²) in [6.45, 7) is 0. The van der Waals surface area contributed by atoms with Crippen LogP contribution in [0.15, 0.2) is 0 Å². The fraction of sp³-hybridized carbons (Fsp3) is 0.875. The van der Waals surface area contributed by atoms with Crippen molar-refractivity contribution >= 4 is 5.91 Å². The second kappa shape index (κ2) is 5.15. The molecule has 1 unspecified atom stereocenters. The maximum absolute atomic E-state index is 11.4. The lowest BCUT2D eigenvalue weighted by atomic mass is 9.49. The van der Waals surface area contributed by atoms with Crippen LogP contribution >= 0.6 is 0 Å². The number of carbonyl (C=O) groups is 1. The molecule has 0 radical (unpaired) electrons. The summed E-state index contributed by atoms with van der Waals surface area (Å²) in [6.07, 6.45) is 8.15. The molecule has 19 heavy (non-hydrogen) atoms. The van der Waals surface area contributed by atoms with Crippen molar-refractivity contribution in [2.75, 3.05) is 7.05 Å². The topological polar surface area (TPSA) is 52.9 Å². The Balaban J connectivity index is 1.66. The predicted octanol–water partition coefficient (Wildman–Crippen LogP) is 2.72. The average molecular weight is 260 g/mol. The van der Waals surface area contributed by atoms with Gasteiger partial charge in [0.15, 0.2) is 0 Å². The van der Waals surface area contributed by atoms with Crippen molar-refractivity contribution in [2.24, 2.45) is 35.5 Å². The van der Waals surface area contributed by atoms with E-state index in [9.17, 15) is 10.1 Å². The monoisotopic (exact) mass is 260 g/mol. The van der Waals surface area contributed by atoms with E-state index >= 15 is 0 Å². The third kappa shape index (κ3) is 2.38. The van der Waals surface area contributed by atoms with Gasteiger partial charge in [0.05, 0.1) is 12.0 Å². The van der Waals surface area contributed by atoms with Crippen LogP contribution < -0.4 is 5.32 Å².